The molecule has 0 aliphatic heterocycles. The summed E-state index contributed by atoms with van der Waals surface area (Å²) in [6, 6.07) is 1.85. The molecule has 1 unspecified atom stereocenters. The van der Waals surface area contributed by atoms with E-state index < -0.39 is 0 Å². The Morgan fingerprint density at radius 3 is 2.58 bits per heavy atom. The molecule has 1 amide bonds. The number of nitrogens with zero attached hydrogens (tertiary/aromatic N) is 2. The molecule has 0 aliphatic carbocycles. The number of carbonyl (C=O) groups excluding carboxylic acids is 1. The van der Waals surface area contributed by atoms with Crippen LogP contribution in [0.15, 0.2) is 6.07 Å². The van der Waals surface area contributed by atoms with E-state index in [0.717, 1.165) is 18.7 Å². The maximum Gasteiger partial charge on any atom is 0.270 e. The second-order valence-electron chi connectivity index (χ2n) is 5.28. The minimum absolute atomic E-state index is 0.146. The normalized spacial score (nSPS) is 12.3. The molecule has 5 nitrogen and oxygen atoms in total. The summed E-state index contributed by atoms with van der Waals surface area (Å²) in [6.07, 6.45) is 0.897. The van der Waals surface area contributed by atoms with Gasteiger partial charge < -0.3 is 10.6 Å². The molecule has 0 spiro atoms. The molecule has 1 aromatic heterocycles. The van der Waals surface area contributed by atoms with Crippen LogP contribution < -0.4 is 10.6 Å². The second kappa shape index (κ2) is 7.07. The molecule has 0 fully saturated rings. The van der Waals surface area contributed by atoms with E-state index in [-0.39, 0.29) is 11.9 Å². The zero-order valence-corrected chi connectivity index (χ0v) is 12.4. The van der Waals surface area contributed by atoms with E-state index in [4.69, 9.17) is 0 Å². The predicted molar refractivity (Wildman–Crippen MR) is 77.3 cm³/mol. The van der Waals surface area contributed by atoms with Crippen molar-refractivity contribution in [3.8, 4) is 0 Å². The summed E-state index contributed by atoms with van der Waals surface area (Å²) < 4.78 is 0. The lowest BCUT2D eigenvalue weighted by Gasteiger charge is -2.12. The third-order valence-electron chi connectivity index (χ3n) is 2.75. The second-order valence-corrected chi connectivity index (χ2v) is 5.28. The Morgan fingerprint density at radius 2 is 2.00 bits per heavy atom. The quantitative estimate of drug-likeness (QED) is 0.828. The van der Waals surface area contributed by atoms with E-state index in [9.17, 15) is 4.79 Å². The van der Waals surface area contributed by atoms with E-state index in [0.29, 0.717) is 17.6 Å². The zero-order valence-electron chi connectivity index (χ0n) is 12.4. The van der Waals surface area contributed by atoms with Crippen molar-refractivity contribution in [1.82, 2.24) is 15.3 Å². The number of anilines is 1. The van der Waals surface area contributed by atoms with Gasteiger partial charge >= 0.3 is 0 Å². The molecule has 0 aromatic carbocycles. The highest BCUT2D eigenvalue weighted by atomic mass is 16.1. The Hall–Kier alpha value is -1.65. The van der Waals surface area contributed by atoms with Gasteiger partial charge in [0.1, 0.15) is 5.69 Å². The number of carbonyl (C=O) groups is 1. The summed E-state index contributed by atoms with van der Waals surface area (Å²) in [5.74, 6) is 0.872. The highest BCUT2D eigenvalue weighted by Crippen LogP contribution is 2.06. The van der Waals surface area contributed by atoms with Crippen LogP contribution in [0, 0.1) is 12.8 Å². The van der Waals surface area contributed by atoms with Gasteiger partial charge in [0.05, 0.1) is 0 Å². The Labute approximate surface area is 115 Å². The van der Waals surface area contributed by atoms with Crippen molar-refractivity contribution in [1.29, 1.82) is 0 Å². The molecule has 1 heterocycles. The number of hydrogen-bond acceptors (Lipinski definition) is 4. The molecule has 0 radical (unpaired) electrons. The number of rotatable bonds is 6. The van der Waals surface area contributed by atoms with Gasteiger partial charge in [-0.05, 0) is 32.3 Å². The Balaban J connectivity index is 2.80. The van der Waals surface area contributed by atoms with E-state index >= 15 is 0 Å². The zero-order chi connectivity index (χ0) is 14.4. The fourth-order valence-corrected chi connectivity index (χ4v) is 1.46. The fraction of sp³-hybridized carbons (Fsp3) is 0.643. The summed E-state index contributed by atoms with van der Waals surface area (Å²) in [5.41, 5.74) is 1.20. The Morgan fingerprint density at radius 1 is 1.32 bits per heavy atom. The van der Waals surface area contributed by atoms with Crippen molar-refractivity contribution < 1.29 is 4.79 Å². The van der Waals surface area contributed by atoms with Gasteiger partial charge in [0.15, 0.2) is 0 Å². The first-order valence-corrected chi connectivity index (χ1v) is 6.82. The van der Waals surface area contributed by atoms with Crippen LogP contribution in [0.2, 0.25) is 0 Å². The largest absolute Gasteiger partial charge is 0.354 e. The van der Waals surface area contributed by atoms with Gasteiger partial charge in [0, 0.05) is 18.3 Å². The third-order valence-corrected chi connectivity index (χ3v) is 2.75. The molecular formula is C14H24N4O. The van der Waals surface area contributed by atoms with Crippen molar-refractivity contribution in [2.24, 2.45) is 5.92 Å². The van der Waals surface area contributed by atoms with Crippen LogP contribution in [-0.4, -0.2) is 28.5 Å². The molecule has 19 heavy (non-hydrogen) atoms. The van der Waals surface area contributed by atoms with Gasteiger partial charge in [-0.2, -0.15) is 0 Å². The van der Waals surface area contributed by atoms with E-state index in [1.807, 2.05) is 20.8 Å². The molecular weight excluding hydrogens is 240 g/mol. The van der Waals surface area contributed by atoms with Gasteiger partial charge in [0.25, 0.3) is 5.91 Å². The monoisotopic (exact) mass is 264 g/mol. The molecule has 106 valence electrons. The fourth-order valence-electron chi connectivity index (χ4n) is 1.46. The molecule has 0 aliphatic rings. The van der Waals surface area contributed by atoms with Crippen LogP contribution in [0.25, 0.3) is 0 Å². The third kappa shape index (κ3) is 5.24. The highest BCUT2D eigenvalue weighted by molar-refractivity contribution is 5.92. The van der Waals surface area contributed by atoms with E-state index in [1.54, 1.807) is 6.07 Å². The van der Waals surface area contributed by atoms with Crippen molar-refractivity contribution in [2.75, 3.05) is 11.9 Å². The molecule has 0 bridgehead atoms. The van der Waals surface area contributed by atoms with Gasteiger partial charge in [0.2, 0.25) is 5.95 Å². The maximum absolute atomic E-state index is 12.0. The molecule has 5 heteroatoms. The first-order valence-electron chi connectivity index (χ1n) is 6.82. The molecule has 0 saturated carbocycles. The van der Waals surface area contributed by atoms with Gasteiger partial charge in [-0.3, -0.25) is 4.79 Å². The van der Waals surface area contributed by atoms with Crippen LogP contribution in [0.4, 0.5) is 5.95 Å². The Bertz CT molecular complexity index is 431. The van der Waals surface area contributed by atoms with E-state index in [2.05, 4.69) is 34.4 Å². The Kier molecular flexibility index (Phi) is 5.73. The summed E-state index contributed by atoms with van der Waals surface area (Å²) in [6.45, 7) is 10.9. The van der Waals surface area contributed by atoms with Crippen molar-refractivity contribution in [2.45, 2.75) is 47.1 Å². The van der Waals surface area contributed by atoms with Gasteiger partial charge in [-0.25, -0.2) is 9.97 Å². The molecule has 1 rings (SSSR count). The van der Waals surface area contributed by atoms with Crippen LogP contribution in [0.3, 0.4) is 0 Å². The lowest BCUT2D eigenvalue weighted by molar-refractivity contribution is 0.0934. The van der Waals surface area contributed by atoms with Crippen molar-refractivity contribution in [3.63, 3.8) is 0 Å². The number of aromatic nitrogens is 2. The van der Waals surface area contributed by atoms with Crippen LogP contribution in [-0.2, 0) is 0 Å². The summed E-state index contributed by atoms with van der Waals surface area (Å²) in [7, 11) is 0. The van der Waals surface area contributed by atoms with Crippen LogP contribution in [0.5, 0.6) is 0 Å². The topological polar surface area (TPSA) is 66.9 Å². The average Bonchev–Trinajstić information content (AvgIpc) is 2.35. The lowest BCUT2D eigenvalue weighted by atomic mass is 10.2. The molecule has 1 aromatic rings. The molecule has 1 atom stereocenters. The SMILES string of the molecule is CCC(C)NC(=O)c1cc(C)nc(NCC(C)C)n1. The molecule has 0 saturated heterocycles. The smallest absolute Gasteiger partial charge is 0.270 e. The average molecular weight is 264 g/mol. The van der Waals surface area contributed by atoms with Gasteiger partial charge in [-0.15, -0.1) is 0 Å². The van der Waals surface area contributed by atoms with E-state index in [1.165, 1.54) is 0 Å². The lowest BCUT2D eigenvalue weighted by Crippen LogP contribution is -2.32. The highest BCUT2D eigenvalue weighted by Gasteiger charge is 2.12. The summed E-state index contributed by atoms with van der Waals surface area (Å²) in [5, 5.41) is 6.05. The van der Waals surface area contributed by atoms with Crippen molar-refractivity contribution in [3.05, 3.63) is 17.5 Å². The predicted octanol–water partition coefficient (Wildman–Crippen LogP) is 2.38. The summed E-state index contributed by atoms with van der Waals surface area (Å²) >= 11 is 0. The minimum Gasteiger partial charge on any atom is -0.354 e. The van der Waals surface area contributed by atoms with Crippen LogP contribution in [0.1, 0.15) is 50.3 Å². The van der Waals surface area contributed by atoms with Crippen LogP contribution >= 0.6 is 0 Å². The summed E-state index contributed by atoms with van der Waals surface area (Å²) in [4.78, 5) is 20.6. The number of nitrogens with one attached hydrogen (secondary N) is 2. The first kappa shape index (κ1) is 15.4. The number of amides is 1. The molecule has 2 N–H and O–H groups in total. The van der Waals surface area contributed by atoms with Crippen molar-refractivity contribution >= 4 is 11.9 Å². The van der Waals surface area contributed by atoms with Gasteiger partial charge in [-0.1, -0.05) is 20.8 Å². The maximum atomic E-state index is 12.0. The minimum atomic E-state index is -0.146. The number of hydrogen-bond donors (Lipinski definition) is 2. The number of aryl methyl sites for hydroxylation is 1. The standard InChI is InChI=1S/C14H24N4O/c1-6-10(4)16-13(19)12-7-11(5)17-14(18-12)15-8-9(2)3/h7,9-10H,6,8H2,1-5H3,(H,16,19)(H,15,17,18). The first-order chi connectivity index (χ1) is 8.92.